The first-order chi connectivity index (χ1) is 14.3. The molecular formula is C23H28Cl2N2O2S. The first-order valence-corrected chi connectivity index (χ1v) is 11.9. The molecule has 0 saturated heterocycles. The zero-order valence-corrected chi connectivity index (χ0v) is 19.9. The van der Waals surface area contributed by atoms with Crippen molar-refractivity contribution >= 4 is 46.8 Å². The maximum Gasteiger partial charge on any atom is 0.242 e. The van der Waals surface area contributed by atoms with Crippen LogP contribution in [0.3, 0.4) is 0 Å². The third-order valence-corrected chi connectivity index (χ3v) is 6.55. The van der Waals surface area contributed by atoms with E-state index in [1.807, 2.05) is 44.2 Å². The van der Waals surface area contributed by atoms with Crippen LogP contribution < -0.4 is 5.32 Å². The molecule has 1 N–H and O–H groups in total. The standard InChI is InChI=1S/C23H28Cl2N2O2S/c1-4-16(2)26-23(29)17(3)27(13-18-9-6-5-7-10-18)22(28)15-30-14-19-20(24)11-8-12-21(19)25/h5-12,16-17H,4,13-15H2,1-3H3,(H,26,29)/t16-,17-/m1/s1. The summed E-state index contributed by atoms with van der Waals surface area (Å²) in [5.74, 6) is 0.512. The minimum Gasteiger partial charge on any atom is -0.352 e. The van der Waals surface area contributed by atoms with E-state index in [2.05, 4.69) is 5.32 Å². The van der Waals surface area contributed by atoms with Crippen LogP contribution in [0.1, 0.15) is 38.3 Å². The van der Waals surface area contributed by atoms with E-state index >= 15 is 0 Å². The summed E-state index contributed by atoms with van der Waals surface area (Å²) in [6.07, 6.45) is 0.833. The van der Waals surface area contributed by atoms with E-state index in [0.29, 0.717) is 22.3 Å². The lowest BCUT2D eigenvalue weighted by Gasteiger charge is -2.29. The summed E-state index contributed by atoms with van der Waals surface area (Å²) in [6.45, 7) is 6.12. The summed E-state index contributed by atoms with van der Waals surface area (Å²) in [5, 5.41) is 4.15. The maximum absolute atomic E-state index is 13.1. The second kappa shape index (κ2) is 12.2. The Kier molecular flexibility index (Phi) is 10.0. The summed E-state index contributed by atoms with van der Waals surface area (Å²) in [7, 11) is 0. The number of nitrogens with one attached hydrogen (secondary N) is 1. The lowest BCUT2D eigenvalue weighted by atomic mass is 10.1. The van der Waals surface area contributed by atoms with Gasteiger partial charge in [0.1, 0.15) is 6.04 Å². The predicted octanol–water partition coefficient (Wildman–Crippen LogP) is 5.56. The van der Waals surface area contributed by atoms with Gasteiger partial charge in [0.25, 0.3) is 0 Å². The molecule has 2 rings (SSSR count). The molecule has 0 aliphatic carbocycles. The fraction of sp³-hybridized carbons (Fsp3) is 0.391. The molecule has 2 amide bonds. The van der Waals surface area contributed by atoms with E-state index in [1.54, 1.807) is 30.0 Å². The highest BCUT2D eigenvalue weighted by atomic mass is 35.5. The Morgan fingerprint density at radius 2 is 1.67 bits per heavy atom. The molecule has 162 valence electrons. The smallest absolute Gasteiger partial charge is 0.242 e. The van der Waals surface area contributed by atoms with Gasteiger partial charge in [-0.25, -0.2) is 0 Å². The average Bonchev–Trinajstić information content (AvgIpc) is 2.74. The normalized spacial score (nSPS) is 12.8. The molecule has 0 radical (unpaired) electrons. The molecular weight excluding hydrogens is 439 g/mol. The van der Waals surface area contributed by atoms with Crippen LogP contribution in [0.15, 0.2) is 48.5 Å². The van der Waals surface area contributed by atoms with E-state index in [9.17, 15) is 9.59 Å². The molecule has 0 unspecified atom stereocenters. The number of carbonyl (C=O) groups is 2. The van der Waals surface area contributed by atoms with Crippen molar-refractivity contribution in [2.75, 3.05) is 5.75 Å². The van der Waals surface area contributed by atoms with Crippen LogP contribution in [0.5, 0.6) is 0 Å². The lowest BCUT2D eigenvalue weighted by molar-refractivity contribution is -0.138. The molecule has 0 aliphatic rings. The Bertz CT molecular complexity index is 828. The number of thioether (sulfide) groups is 1. The van der Waals surface area contributed by atoms with Gasteiger partial charge in [0.15, 0.2) is 0 Å². The van der Waals surface area contributed by atoms with Gasteiger partial charge in [0.2, 0.25) is 11.8 Å². The Morgan fingerprint density at radius 3 is 2.27 bits per heavy atom. The fourth-order valence-corrected chi connectivity index (χ4v) is 4.47. The van der Waals surface area contributed by atoms with Crippen LogP contribution in [0.4, 0.5) is 0 Å². The number of benzene rings is 2. The van der Waals surface area contributed by atoms with Gasteiger partial charge in [-0.1, -0.05) is 66.5 Å². The molecule has 0 fully saturated rings. The number of halogens is 2. The van der Waals surface area contributed by atoms with Crippen LogP contribution in [0, 0.1) is 0 Å². The van der Waals surface area contributed by atoms with Crippen molar-refractivity contribution < 1.29 is 9.59 Å². The Hall–Kier alpha value is -1.69. The second-order valence-corrected chi connectivity index (χ2v) is 8.99. The van der Waals surface area contributed by atoms with Gasteiger partial charge in [-0.3, -0.25) is 9.59 Å². The van der Waals surface area contributed by atoms with E-state index < -0.39 is 6.04 Å². The molecule has 4 nitrogen and oxygen atoms in total. The minimum absolute atomic E-state index is 0.0605. The van der Waals surface area contributed by atoms with Crippen molar-refractivity contribution in [3.05, 3.63) is 69.7 Å². The van der Waals surface area contributed by atoms with Crippen molar-refractivity contribution in [3.8, 4) is 0 Å². The highest BCUT2D eigenvalue weighted by Crippen LogP contribution is 2.28. The summed E-state index contributed by atoms with van der Waals surface area (Å²) < 4.78 is 0. The third kappa shape index (κ3) is 7.22. The topological polar surface area (TPSA) is 49.4 Å². The SMILES string of the molecule is CC[C@@H](C)NC(=O)[C@@H](C)N(Cc1ccccc1)C(=O)CSCc1c(Cl)cccc1Cl. The number of hydrogen-bond acceptors (Lipinski definition) is 3. The molecule has 0 spiro atoms. The number of nitrogens with zero attached hydrogens (tertiary/aromatic N) is 1. The quantitative estimate of drug-likeness (QED) is 0.498. The largest absolute Gasteiger partial charge is 0.352 e. The zero-order chi connectivity index (χ0) is 22.1. The van der Waals surface area contributed by atoms with Crippen molar-refractivity contribution in [2.45, 2.75) is 51.6 Å². The zero-order valence-electron chi connectivity index (χ0n) is 17.5. The molecule has 0 aliphatic heterocycles. The Labute approximate surface area is 193 Å². The molecule has 0 saturated carbocycles. The minimum atomic E-state index is -0.573. The van der Waals surface area contributed by atoms with E-state index in [-0.39, 0.29) is 23.6 Å². The monoisotopic (exact) mass is 466 g/mol. The van der Waals surface area contributed by atoms with Gasteiger partial charge >= 0.3 is 0 Å². The van der Waals surface area contributed by atoms with Crippen LogP contribution in [0.25, 0.3) is 0 Å². The molecule has 2 aromatic carbocycles. The molecule has 2 atom stereocenters. The van der Waals surface area contributed by atoms with E-state index in [4.69, 9.17) is 23.2 Å². The van der Waals surface area contributed by atoms with Crippen LogP contribution in [-0.4, -0.2) is 34.6 Å². The van der Waals surface area contributed by atoms with Gasteiger partial charge in [-0.05, 0) is 43.5 Å². The molecule has 0 bridgehead atoms. The van der Waals surface area contributed by atoms with Crippen LogP contribution >= 0.6 is 35.0 Å². The Morgan fingerprint density at radius 1 is 1.03 bits per heavy atom. The predicted molar refractivity (Wildman–Crippen MR) is 127 cm³/mol. The number of carbonyl (C=O) groups excluding carboxylic acids is 2. The van der Waals surface area contributed by atoms with Crippen molar-refractivity contribution in [3.63, 3.8) is 0 Å². The first-order valence-electron chi connectivity index (χ1n) is 9.97. The maximum atomic E-state index is 13.1. The van der Waals surface area contributed by atoms with E-state index in [1.165, 1.54) is 11.8 Å². The third-order valence-electron chi connectivity index (χ3n) is 4.90. The number of hydrogen-bond donors (Lipinski definition) is 1. The molecule has 0 heterocycles. The highest BCUT2D eigenvalue weighted by Gasteiger charge is 2.26. The average molecular weight is 467 g/mol. The van der Waals surface area contributed by atoms with Crippen molar-refractivity contribution in [2.24, 2.45) is 0 Å². The Balaban J connectivity index is 2.08. The molecule has 0 aromatic heterocycles. The molecule has 2 aromatic rings. The summed E-state index contributed by atoms with van der Waals surface area (Å²) in [6, 6.07) is 14.5. The van der Waals surface area contributed by atoms with Gasteiger partial charge < -0.3 is 10.2 Å². The summed E-state index contributed by atoms with van der Waals surface area (Å²) >= 11 is 13.9. The second-order valence-electron chi connectivity index (χ2n) is 7.19. The molecule has 7 heteroatoms. The van der Waals surface area contributed by atoms with Crippen LogP contribution in [0.2, 0.25) is 10.0 Å². The van der Waals surface area contributed by atoms with Gasteiger partial charge in [0, 0.05) is 28.4 Å². The van der Waals surface area contributed by atoms with Gasteiger partial charge in [-0.15, -0.1) is 11.8 Å². The first kappa shape index (κ1) is 24.6. The number of amides is 2. The van der Waals surface area contributed by atoms with E-state index in [0.717, 1.165) is 17.5 Å². The van der Waals surface area contributed by atoms with Crippen LogP contribution in [-0.2, 0) is 21.9 Å². The fourth-order valence-electron chi connectivity index (χ4n) is 2.82. The van der Waals surface area contributed by atoms with Crippen molar-refractivity contribution in [1.82, 2.24) is 10.2 Å². The van der Waals surface area contributed by atoms with Gasteiger partial charge in [0.05, 0.1) is 5.75 Å². The number of rotatable bonds is 10. The molecule has 30 heavy (non-hydrogen) atoms. The lowest BCUT2D eigenvalue weighted by Crippen LogP contribution is -2.50. The highest BCUT2D eigenvalue weighted by molar-refractivity contribution is 7.99. The summed E-state index contributed by atoms with van der Waals surface area (Å²) in [4.78, 5) is 27.4. The summed E-state index contributed by atoms with van der Waals surface area (Å²) in [5.41, 5.74) is 1.80. The van der Waals surface area contributed by atoms with Gasteiger partial charge in [-0.2, -0.15) is 0 Å². The van der Waals surface area contributed by atoms with Crippen molar-refractivity contribution in [1.29, 1.82) is 0 Å².